The third-order valence-electron chi connectivity index (χ3n) is 4.36. The van der Waals surface area contributed by atoms with Gasteiger partial charge in [0.1, 0.15) is 0 Å². The van der Waals surface area contributed by atoms with Crippen molar-refractivity contribution in [2.24, 2.45) is 11.7 Å². The first kappa shape index (κ1) is 25.0. The van der Waals surface area contributed by atoms with Crippen LogP contribution in [-0.4, -0.2) is 48.4 Å². The molecule has 1 aromatic rings. The number of halogens is 5. The highest BCUT2D eigenvalue weighted by Gasteiger charge is 2.30. The van der Waals surface area contributed by atoms with Crippen LogP contribution >= 0.6 is 24.8 Å². The van der Waals surface area contributed by atoms with Crippen molar-refractivity contribution in [1.82, 2.24) is 9.80 Å². The van der Waals surface area contributed by atoms with Crippen LogP contribution in [0.4, 0.5) is 13.2 Å². The minimum absolute atomic E-state index is 0. The number of rotatable bonds is 4. The summed E-state index contributed by atoms with van der Waals surface area (Å²) in [6, 6.07) is 5.28. The van der Waals surface area contributed by atoms with Crippen LogP contribution in [0.2, 0.25) is 0 Å². The zero-order chi connectivity index (χ0) is 17.7. The summed E-state index contributed by atoms with van der Waals surface area (Å²) in [5.41, 5.74) is 5.77. The molecule has 1 unspecified atom stereocenters. The van der Waals surface area contributed by atoms with E-state index in [1.807, 2.05) is 11.8 Å². The molecule has 1 heterocycles. The highest BCUT2D eigenvalue weighted by atomic mass is 35.5. The molecule has 1 fully saturated rings. The molecule has 26 heavy (non-hydrogen) atoms. The van der Waals surface area contributed by atoms with E-state index >= 15 is 0 Å². The van der Waals surface area contributed by atoms with Crippen molar-refractivity contribution in [3.63, 3.8) is 0 Å². The van der Waals surface area contributed by atoms with Crippen LogP contribution in [0.1, 0.15) is 24.5 Å². The Labute approximate surface area is 164 Å². The van der Waals surface area contributed by atoms with Gasteiger partial charge in [0.2, 0.25) is 5.91 Å². The molecule has 2 rings (SSSR count). The van der Waals surface area contributed by atoms with Crippen LogP contribution in [0.25, 0.3) is 0 Å². The molecule has 4 nitrogen and oxygen atoms in total. The number of alkyl halides is 3. The van der Waals surface area contributed by atoms with Crippen molar-refractivity contribution in [3.05, 3.63) is 35.4 Å². The Kier molecular flexibility index (Phi) is 10.5. The summed E-state index contributed by atoms with van der Waals surface area (Å²) < 4.78 is 37.8. The van der Waals surface area contributed by atoms with Gasteiger partial charge in [-0.3, -0.25) is 9.69 Å². The van der Waals surface area contributed by atoms with Gasteiger partial charge in [0, 0.05) is 45.2 Å². The monoisotopic (exact) mass is 415 g/mol. The lowest BCUT2D eigenvalue weighted by Crippen LogP contribution is -2.40. The molecule has 9 heteroatoms. The highest BCUT2D eigenvalue weighted by molar-refractivity contribution is 5.85. The molecule has 2 N–H and O–H groups in total. The minimum Gasteiger partial charge on any atom is -0.341 e. The maximum absolute atomic E-state index is 12.6. The SMILES string of the molecule is CC(CN)C(=O)N1CCCN(Cc2ccc(C(F)(F)F)cc2)CC1.Cl.Cl. The predicted octanol–water partition coefficient (Wildman–Crippen LogP) is 3.18. The average molecular weight is 416 g/mol. The molecule has 0 spiro atoms. The quantitative estimate of drug-likeness (QED) is 0.821. The standard InChI is InChI=1S/C17H24F3N3O.2ClH/c1-13(11-21)16(24)23-8-2-7-22(9-10-23)12-14-3-5-15(6-4-14)17(18,19)20;;/h3-6,13H,2,7-12,21H2,1H3;2*1H. The van der Waals surface area contributed by atoms with Crippen molar-refractivity contribution in [2.45, 2.75) is 26.1 Å². The fraction of sp³-hybridized carbons (Fsp3) is 0.588. The normalized spacial score (nSPS) is 16.9. The molecule has 0 radical (unpaired) electrons. The Morgan fingerprint density at radius 3 is 2.27 bits per heavy atom. The van der Waals surface area contributed by atoms with Gasteiger partial charge in [-0.25, -0.2) is 0 Å². The molecular weight excluding hydrogens is 390 g/mol. The number of carbonyl (C=O) groups is 1. The first-order valence-electron chi connectivity index (χ1n) is 8.18. The lowest BCUT2D eigenvalue weighted by Gasteiger charge is -2.24. The summed E-state index contributed by atoms with van der Waals surface area (Å²) in [5, 5.41) is 0. The zero-order valence-corrected chi connectivity index (χ0v) is 16.3. The lowest BCUT2D eigenvalue weighted by atomic mass is 10.1. The molecule has 1 aliphatic heterocycles. The van der Waals surface area contributed by atoms with Crippen molar-refractivity contribution in [2.75, 3.05) is 32.7 Å². The molecule has 0 aliphatic carbocycles. The maximum atomic E-state index is 12.6. The van der Waals surface area contributed by atoms with Gasteiger partial charge in [0.15, 0.2) is 0 Å². The topological polar surface area (TPSA) is 49.6 Å². The zero-order valence-electron chi connectivity index (χ0n) is 14.7. The number of hydrogen-bond acceptors (Lipinski definition) is 3. The second-order valence-corrected chi connectivity index (χ2v) is 6.29. The van der Waals surface area contributed by atoms with E-state index in [-0.39, 0.29) is 36.6 Å². The summed E-state index contributed by atoms with van der Waals surface area (Å²) in [4.78, 5) is 16.2. The van der Waals surface area contributed by atoms with E-state index in [1.54, 1.807) is 0 Å². The number of amides is 1. The van der Waals surface area contributed by atoms with Crippen LogP contribution in [-0.2, 0) is 17.5 Å². The number of hydrogen-bond donors (Lipinski definition) is 1. The van der Waals surface area contributed by atoms with Gasteiger partial charge in [-0.2, -0.15) is 13.2 Å². The Bertz CT molecular complexity index is 555. The van der Waals surface area contributed by atoms with E-state index in [2.05, 4.69) is 4.90 Å². The molecule has 0 aromatic heterocycles. The second-order valence-electron chi connectivity index (χ2n) is 6.29. The van der Waals surface area contributed by atoms with Crippen LogP contribution < -0.4 is 5.73 Å². The first-order chi connectivity index (χ1) is 11.3. The molecule has 1 aliphatic rings. The van der Waals surface area contributed by atoms with Gasteiger partial charge < -0.3 is 10.6 Å². The summed E-state index contributed by atoms with van der Waals surface area (Å²) in [5.74, 6) is -0.0969. The third kappa shape index (κ3) is 6.95. The van der Waals surface area contributed by atoms with E-state index in [9.17, 15) is 18.0 Å². The molecular formula is C17H26Cl2F3N3O. The first-order valence-corrected chi connectivity index (χ1v) is 8.18. The number of benzene rings is 1. The van der Waals surface area contributed by atoms with Crippen molar-refractivity contribution in [1.29, 1.82) is 0 Å². The van der Waals surface area contributed by atoms with E-state index in [0.29, 0.717) is 32.7 Å². The van der Waals surface area contributed by atoms with Gasteiger partial charge in [0.25, 0.3) is 0 Å². The smallest absolute Gasteiger partial charge is 0.341 e. The summed E-state index contributed by atoms with van der Waals surface area (Å²) >= 11 is 0. The second kappa shape index (κ2) is 11.0. The fourth-order valence-electron chi connectivity index (χ4n) is 2.82. The van der Waals surface area contributed by atoms with Crippen LogP contribution in [0.5, 0.6) is 0 Å². The van der Waals surface area contributed by atoms with Gasteiger partial charge >= 0.3 is 6.18 Å². The van der Waals surface area contributed by atoms with Gasteiger partial charge in [0.05, 0.1) is 5.56 Å². The Morgan fingerprint density at radius 2 is 1.73 bits per heavy atom. The number of nitrogens with zero attached hydrogens (tertiary/aromatic N) is 2. The number of nitrogens with two attached hydrogens (primary N) is 1. The molecule has 0 saturated carbocycles. The molecule has 1 saturated heterocycles. The molecule has 150 valence electrons. The fourth-order valence-corrected chi connectivity index (χ4v) is 2.82. The van der Waals surface area contributed by atoms with E-state index in [0.717, 1.165) is 30.7 Å². The van der Waals surface area contributed by atoms with Crippen molar-refractivity contribution < 1.29 is 18.0 Å². The van der Waals surface area contributed by atoms with Crippen molar-refractivity contribution >= 4 is 30.7 Å². The van der Waals surface area contributed by atoms with Crippen molar-refractivity contribution in [3.8, 4) is 0 Å². The van der Waals surface area contributed by atoms with E-state index in [4.69, 9.17) is 5.73 Å². The van der Waals surface area contributed by atoms with E-state index in [1.165, 1.54) is 12.1 Å². The Balaban J connectivity index is 0.00000312. The molecule has 1 aromatic carbocycles. The lowest BCUT2D eigenvalue weighted by molar-refractivity contribution is -0.137. The van der Waals surface area contributed by atoms with Crippen LogP contribution in [0.3, 0.4) is 0 Å². The van der Waals surface area contributed by atoms with Gasteiger partial charge in [-0.15, -0.1) is 24.8 Å². The van der Waals surface area contributed by atoms with E-state index < -0.39 is 11.7 Å². The van der Waals surface area contributed by atoms with Crippen LogP contribution in [0.15, 0.2) is 24.3 Å². The summed E-state index contributed by atoms with van der Waals surface area (Å²) in [7, 11) is 0. The van der Waals surface area contributed by atoms with Gasteiger partial charge in [-0.05, 0) is 24.1 Å². The predicted molar refractivity (Wildman–Crippen MR) is 101 cm³/mol. The Hall–Kier alpha value is -1.02. The number of carbonyl (C=O) groups excluding carboxylic acids is 1. The molecule has 0 bridgehead atoms. The highest BCUT2D eigenvalue weighted by Crippen LogP contribution is 2.29. The van der Waals surface area contributed by atoms with Crippen LogP contribution in [0, 0.1) is 5.92 Å². The molecule has 1 amide bonds. The largest absolute Gasteiger partial charge is 0.416 e. The maximum Gasteiger partial charge on any atom is 0.416 e. The summed E-state index contributed by atoms with van der Waals surface area (Å²) in [6.07, 6.45) is -3.45. The van der Waals surface area contributed by atoms with Gasteiger partial charge in [-0.1, -0.05) is 19.1 Å². The average Bonchev–Trinajstić information content (AvgIpc) is 2.78. The third-order valence-corrected chi connectivity index (χ3v) is 4.36. The minimum atomic E-state index is -4.30. The Morgan fingerprint density at radius 1 is 1.12 bits per heavy atom. The summed E-state index contributed by atoms with van der Waals surface area (Å²) in [6.45, 7) is 5.62. The molecule has 1 atom stereocenters.